The number of para-hydroxylation sites is 2. The number of imide groups is 1. The van der Waals surface area contributed by atoms with Gasteiger partial charge >= 0.3 is 6.03 Å². The molecule has 3 amide bonds. The largest absolute Gasteiger partial charge is 0.338 e. The Morgan fingerprint density at radius 1 is 1.27 bits per heavy atom. The lowest BCUT2D eigenvalue weighted by Crippen LogP contribution is -2.43. The number of nitrogens with one attached hydrogen (secondary N) is 2. The molecule has 116 valence electrons. The number of carbonyl (C=O) groups is 2. The maximum absolute atomic E-state index is 11.9. The number of rotatable bonds is 4. The van der Waals surface area contributed by atoms with E-state index in [1.165, 1.54) is 4.57 Å². The first-order valence-electron chi connectivity index (χ1n) is 6.99. The first-order chi connectivity index (χ1) is 10.5. The van der Waals surface area contributed by atoms with E-state index in [0.717, 1.165) is 6.20 Å². The van der Waals surface area contributed by atoms with Crippen molar-refractivity contribution in [1.82, 2.24) is 20.2 Å². The van der Waals surface area contributed by atoms with E-state index < -0.39 is 17.5 Å². The summed E-state index contributed by atoms with van der Waals surface area (Å²) in [6, 6.07) is 6.44. The molecule has 0 aliphatic carbocycles. The lowest BCUT2D eigenvalue weighted by molar-refractivity contribution is -0.120. The molecule has 0 fully saturated rings. The van der Waals surface area contributed by atoms with Crippen LogP contribution in [0.3, 0.4) is 0 Å². The van der Waals surface area contributed by atoms with Crippen molar-refractivity contribution in [3.05, 3.63) is 40.8 Å². The quantitative estimate of drug-likeness (QED) is 0.876. The maximum atomic E-state index is 11.9. The molecule has 7 nitrogen and oxygen atoms in total. The Balaban J connectivity index is 2.10. The van der Waals surface area contributed by atoms with Crippen molar-refractivity contribution in [1.29, 1.82) is 0 Å². The summed E-state index contributed by atoms with van der Waals surface area (Å²) in [6.45, 7) is 4.13. The predicted molar refractivity (Wildman–Crippen MR) is 82.4 cm³/mol. The Morgan fingerprint density at radius 3 is 2.73 bits per heavy atom. The molecule has 22 heavy (non-hydrogen) atoms. The van der Waals surface area contributed by atoms with E-state index >= 15 is 0 Å². The molecule has 2 rings (SSSR count). The van der Waals surface area contributed by atoms with Crippen LogP contribution in [0.2, 0.25) is 0 Å². The van der Waals surface area contributed by atoms with Crippen molar-refractivity contribution in [2.24, 2.45) is 5.92 Å². The van der Waals surface area contributed by atoms with Gasteiger partial charge in [-0.05, 0) is 18.1 Å². The van der Waals surface area contributed by atoms with E-state index in [2.05, 4.69) is 15.6 Å². The number of amides is 3. The monoisotopic (exact) mass is 302 g/mol. The Morgan fingerprint density at radius 2 is 2.00 bits per heavy atom. The molecule has 7 heteroatoms. The molecule has 0 aliphatic rings. The molecule has 0 saturated heterocycles. The first-order valence-corrected chi connectivity index (χ1v) is 6.99. The molecule has 0 atom stereocenters. The lowest BCUT2D eigenvalue weighted by Gasteiger charge is -2.11. The van der Waals surface area contributed by atoms with Crippen molar-refractivity contribution < 1.29 is 9.59 Å². The zero-order valence-corrected chi connectivity index (χ0v) is 12.5. The van der Waals surface area contributed by atoms with Gasteiger partial charge in [-0.15, -0.1) is 0 Å². The van der Waals surface area contributed by atoms with Crippen LogP contribution in [0.15, 0.2) is 35.3 Å². The van der Waals surface area contributed by atoms with E-state index in [1.807, 2.05) is 13.8 Å². The lowest BCUT2D eigenvalue weighted by atomic mass is 10.2. The fourth-order valence-electron chi connectivity index (χ4n) is 1.93. The average molecular weight is 302 g/mol. The van der Waals surface area contributed by atoms with E-state index in [9.17, 15) is 14.4 Å². The molecule has 1 aromatic carbocycles. The molecule has 0 saturated carbocycles. The Labute approximate surface area is 127 Å². The van der Waals surface area contributed by atoms with E-state index in [0.29, 0.717) is 17.6 Å². The van der Waals surface area contributed by atoms with Crippen LogP contribution in [-0.4, -0.2) is 28.0 Å². The van der Waals surface area contributed by atoms with Gasteiger partial charge in [0.1, 0.15) is 6.54 Å². The van der Waals surface area contributed by atoms with Crippen molar-refractivity contribution >= 4 is 23.0 Å². The normalized spacial score (nSPS) is 10.7. The molecule has 0 radical (unpaired) electrons. The molecule has 2 aromatic rings. The number of fused-ring (bicyclic) bond motifs is 1. The Kier molecular flexibility index (Phi) is 4.88. The highest BCUT2D eigenvalue weighted by Crippen LogP contribution is 2.07. The molecule has 0 unspecified atom stereocenters. The number of aromatic nitrogens is 2. The maximum Gasteiger partial charge on any atom is 0.321 e. The summed E-state index contributed by atoms with van der Waals surface area (Å²) in [4.78, 5) is 39.4. The van der Waals surface area contributed by atoms with Gasteiger partial charge in [-0.1, -0.05) is 26.0 Å². The van der Waals surface area contributed by atoms with Crippen LogP contribution in [0.4, 0.5) is 4.79 Å². The van der Waals surface area contributed by atoms with Crippen LogP contribution in [0.5, 0.6) is 0 Å². The molecule has 2 N–H and O–H groups in total. The van der Waals surface area contributed by atoms with Gasteiger partial charge in [-0.3, -0.25) is 19.5 Å². The fraction of sp³-hybridized carbons (Fsp3) is 0.333. The van der Waals surface area contributed by atoms with Crippen molar-refractivity contribution in [3.63, 3.8) is 0 Å². The Bertz CT molecular complexity index is 752. The van der Waals surface area contributed by atoms with E-state index in [4.69, 9.17) is 0 Å². The van der Waals surface area contributed by atoms with Gasteiger partial charge in [0.05, 0.1) is 17.2 Å². The minimum absolute atomic E-state index is 0.239. The van der Waals surface area contributed by atoms with Gasteiger partial charge in [0.25, 0.3) is 5.56 Å². The molecule has 0 spiro atoms. The van der Waals surface area contributed by atoms with Crippen LogP contribution >= 0.6 is 0 Å². The summed E-state index contributed by atoms with van der Waals surface area (Å²) in [5.41, 5.74) is 0.767. The second-order valence-corrected chi connectivity index (χ2v) is 5.32. The third kappa shape index (κ3) is 3.91. The first kappa shape index (κ1) is 15.7. The van der Waals surface area contributed by atoms with Gasteiger partial charge in [-0.2, -0.15) is 0 Å². The number of carbonyl (C=O) groups excluding carboxylic acids is 2. The highest BCUT2D eigenvalue weighted by molar-refractivity contribution is 5.94. The summed E-state index contributed by atoms with van der Waals surface area (Å²) in [5.74, 6) is -0.271. The van der Waals surface area contributed by atoms with Crippen LogP contribution in [0.25, 0.3) is 11.0 Å². The van der Waals surface area contributed by atoms with Crippen molar-refractivity contribution in [2.45, 2.75) is 20.4 Å². The minimum atomic E-state index is -0.565. The van der Waals surface area contributed by atoms with Crippen molar-refractivity contribution in [2.75, 3.05) is 6.54 Å². The summed E-state index contributed by atoms with van der Waals surface area (Å²) in [5, 5.41) is 4.79. The Hall–Kier alpha value is -2.70. The van der Waals surface area contributed by atoms with Gasteiger partial charge in [-0.25, -0.2) is 9.78 Å². The molecular weight excluding hydrogens is 284 g/mol. The highest BCUT2D eigenvalue weighted by Gasteiger charge is 2.11. The SMILES string of the molecule is CC(C)CNC(=O)NC(=O)Cn1c(=O)cnc2ccccc21. The third-order valence-corrected chi connectivity index (χ3v) is 2.98. The molecule has 0 aliphatic heterocycles. The predicted octanol–water partition coefficient (Wildman–Crippen LogP) is 0.878. The average Bonchev–Trinajstić information content (AvgIpc) is 2.48. The van der Waals surface area contributed by atoms with Gasteiger partial charge < -0.3 is 5.32 Å². The van der Waals surface area contributed by atoms with Crippen LogP contribution < -0.4 is 16.2 Å². The zero-order valence-electron chi connectivity index (χ0n) is 12.5. The van der Waals surface area contributed by atoms with Crippen LogP contribution in [-0.2, 0) is 11.3 Å². The number of hydrogen-bond acceptors (Lipinski definition) is 4. The van der Waals surface area contributed by atoms with Gasteiger partial charge in [0.15, 0.2) is 0 Å². The number of urea groups is 1. The topological polar surface area (TPSA) is 93.1 Å². The molecule has 1 heterocycles. The number of hydrogen-bond donors (Lipinski definition) is 2. The standard InChI is InChI=1S/C15H18N4O3/c1-10(2)7-17-15(22)18-13(20)9-19-12-6-4-3-5-11(12)16-8-14(19)21/h3-6,8,10H,7,9H2,1-2H3,(H2,17,18,20,22). The summed E-state index contributed by atoms with van der Waals surface area (Å²) >= 11 is 0. The van der Waals surface area contributed by atoms with E-state index in [1.54, 1.807) is 24.3 Å². The molecule has 0 bridgehead atoms. The van der Waals surface area contributed by atoms with Gasteiger partial charge in [0, 0.05) is 6.54 Å². The summed E-state index contributed by atoms with van der Waals surface area (Å²) in [7, 11) is 0. The van der Waals surface area contributed by atoms with Crippen LogP contribution in [0, 0.1) is 5.92 Å². The minimum Gasteiger partial charge on any atom is -0.338 e. The summed E-state index contributed by atoms with van der Waals surface area (Å²) < 4.78 is 1.29. The number of nitrogens with zero attached hydrogens (tertiary/aromatic N) is 2. The third-order valence-electron chi connectivity index (χ3n) is 2.98. The summed E-state index contributed by atoms with van der Waals surface area (Å²) in [6.07, 6.45) is 1.16. The smallest absolute Gasteiger partial charge is 0.321 e. The fourth-order valence-corrected chi connectivity index (χ4v) is 1.93. The van der Waals surface area contributed by atoms with Crippen molar-refractivity contribution in [3.8, 4) is 0 Å². The highest BCUT2D eigenvalue weighted by atomic mass is 16.2. The second kappa shape index (κ2) is 6.84. The molecule has 1 aromatic heterocycles. The van der Waals surface area contributed by atoms with E-state index in [-0.39, 0.29) is 12.5 Å². The van der Waals surface area contributed by atoms with Crippen LogP contribution in [0.1, 0.15) is 13.8 Å². The zero-order chi connectivity index (χ0) is 16.1. The van der Waals surface area contributed by atoms with Gasteiger partial charge in [0.2, 0.25) is 5.91 Å². The molecular formula is C15H18N4O3. The second-order valence-electron chi connectivity index (χ2n) is 5.32. The number of benzene rings is 1.